The Labute approximate surface area is 117 Å². The molecule has 2 N–H and O–H groups in total. The van der Waals surface area contributed by atoms with E-state index >= 15 is 0 Å². The molecule has 0 aliphatic heterocycles. The van der Waals surface area contributed by atoms with Crippen molar-refractivity contribution < 1.29 is 9.15 Å². The molecule has 6 nitrogen and oxygen atoms in total. The maximum atomic E-state index is 5.55. The first-order chi connectivity index (χ1) is 9.85. The second-order valence-corrected chi connectivity index (χ2v) is 4.71. The van der Waals surface area contributed by atoms with E-state index in [4.69, 9.17) is 9.15 Å². The van der Waals surface area contributed by atoms with E-state index in [1.165, 1.54) is 12.8 Å². The van der Waals surface area contributed by atoms with Gasteiger partial charge >= 0.3 is 6.01 Å². The van der Waals surface area contributed by atoms with Gasteiger partial charge in [0.2, 0.25) is 5.89 Å². The van der Waals surface area contributed by atoms with Crippen molar-refractivity contribution in [2.24, 2.45) is 0 Å². The van der Waals surface area contributed by atoms with Crippen molar-refractivity contribution in [3.05, 3.63) is 30.2 Å². The topological polar surface area (TPSA) is 72.2 Å². The Morgan fingerprint density at radius 3 is 2.95 bits per heavy atom. The van der Waals surface area contributed by atoms with Crippen LogP contribution in [0, 0.1) is 0 Å². The van der Waals surface area contributed by atoms with Crippen LogP contribution in [0.25, 0.3) is 0 Å². The Hall–Kier alpha value is -2.08. The number of rotatable bonds is 7. The number of benzene rings is 1. The molecule has 106 valence electrons. The second-order valence-electron chi connectivity index (χ2n) is 4.71. The van der Waals surface area contributed by atoms with Gasteiger partial charge in [0.25, 0.3) is 0 Å². The van der Waals surface area contributed by atoms with Gasteiger partial charge in [-0.3, -0.25) is 0 Å². The third-order valence-electron chi connectivity index (χ3n) is 3.01. The summed E-state index contributed by atoms with van der Waals surface area (Å²) in [7, 11) is 0. The summed E-state index contributed by atoms with van der Waals surface area (Å²) < 4.78 is 11.1. The van der Waals surface area contributed by atoms with E-state index in [-0.39, 0.29) is 0 Å². The van der Waals surface area contributed by atoms with Gasteiger partial charge in [0.15, 0.2) is 0 Å². The number of nitrogens with zero attached hydrogens (tertiary/aromatic N) is 2. The lowest BCUT2D eigenvalue weighted by Gasteiger charge is -2.09. The van der Waals surface area contributed by atoms with E-state index in [9.17, 15) is 0 Å². The number of anilines is 2. The lowest BCUT2D eigenvalue weighted by atomic mass is 10.3. The summed E-state index contributed by atoms with van der Waals surface area (Å²) >= 11 is 0. The van der Waals surface area contributed by atoms with Crippen LogP contribution in [0.2, 0.25) is 0 Å². The summed E-state index contributed by atoms with van der Waals surface area (Å²) in [5.74, 6) is 1.36. The Morgan fingerprint density at radius 1 is 1.30 bits per heavy atom. The van der Waals surface area contributed by atoms with E-state index in [1.807, 2.05) is 31.2 Å². The zero-order valence-corrected chi connectivity index (χ0v) is 11.4. The molecule has 0 atom stereocenters. The minimum Gasteiger partial charge on any atom is -0.492 e. The van der Waals surface area contributed by atoms with Gasteiger partial charge in [0.1, 0.15) is 5.75 Å². The fourth-order valence-electron chi connectivity index (χ4n) is 1.86. The highest BCUT2D eigenvalue weighted by molar-refractivity contribution is 5.61. The van der Waals surface area contributed by atoms with Crippen LogP contribution in [0.3, 0.4) is 0 Å². The smallest absolute Gasteiger partial charge is 0.320 e. The highest BCUT2D eigenvalue weighted by Crippen LogP contribution is 2.27. The molecule has 0 amide bonds. The standard InChI is InChI=1S/C14H18N4O2/c1-2-19-12-6-4-3-5-11(12)16-14-18-17-13(20-14)9-15-10-7-8-10/h3-6,10,15H,2,7-9H2,1H3,(H,16,18). The van der Waals surface area contributed by atoms with Gasteiger partial charge in [-0.1, -0.05) is 17.2 Å². The molecule has 0 unspecified atom stereocenters. The molecule has 1 aliphatic rings. The van der Waals surface area contributed by atoms with Crippen molar-refractivity contribution >= 4 is 11.7 Å². The molecule has 1 aromatic heterocycles. The minimum atomic E-state index is 0.379. The van der Waals surface area contributed by atoms with Crippen molar-refractivity contribution in [3.8, 4) is 5.75 Å². The van der Waals surface area contributed by atoms with Crippen LogP contribution in [0.4, 0.5) is 11.7 Å². The first-order valence-corrected chi connectivity index (χ1v) is 6.89. The predicted octanol–water partition coefficient (Wildman–Crippen LogP) is 2.46. The summed E-state index contributed by atoms with van der Waals surface area (Å²) in [6.07, 6.45) is 2.47. The number of nitrogens with one attached hydrogen (secondary N) is 2. The van der Waals surface area contributed by atoms with Crippen molar-refractivity contribution in [2.75, 3.05) is 11.9 Å². The molecule has 3 rings (SSSR count). The molecular formula is C14H18N4O2. The van der Waals surface area contributed by atoms with Gasteiger partial charge in [0, 0.05) is 6.04 Å². The van der Waals surface area contributed by atoms with Crippen LogP contribution < -0.4 is 15.4 Å². The average Bonchev–Trinajstić information content (AvgIpc) is 3.19. The molecule has 1 saturated carbocycles. The molecule has 0 saturated heterocycles. The second kappa shape index (κ2) is 5.92. The Balaban J connectivity index is 1.64. The third kappa shape index (κ3) is 3.27. The number of hydrogen-bond acceptors (Lipinski definition) is 6. The molecule has 1 heterocycles. The van der Waals surface area contributed by atoms with Crippen LogP contribution in [0.15, 0.2) is 28.7 Å². The number of para-hydroxylation sites is 2. The summed E-state index contributed by atoms with van der Waals surface area (Å²) in [5, 5.41) is 14.4. The van der Waals surface area contributed by atoms with Gasteiger partial charge in [0.05, 0.1) is 18.8 Å². The van der Waals surface area contributed by atoms with E-state index < -0.39 is 0 Å². The number of ether oxygens (including phenoxy) is 1. The summed E-state index contributed by atoms with van der Waals surface area (Å²) in [5.41, 5.74) is 0.819. The molecule has 1 aromatic carbocycles. The Bertz CT molecular complexity index is 566. The monoisotopic (exact) mass is 274 g/mol. The molecule has 0 bridgehead atoms. The molecule has 1 fully saturated rings. The average molecular weight is 274 g/mol. The first kappa shape index (κ1) is 12.9. The van der Waals surface area contributed by atoms with Crippen LogP contribution in [-0.2, 0) is 6.54 Å². The highest BCUT2D eigenvalue weighted by Gasteiger charge is 2.21. The summed E-state index contributed by atoms with van der Waals surface area (Å²) in [6, 6.07) is 8.67. The van der Waals surface area contributed by atoms with E-state index in [1.54, 1.807) is 0 Å². The SMILES string of the molecule is CCOc1ccccc1Nc1nnc(CNC2CC2)o1. The zero-order chi connectivity index (χ0) is 13.8. The fraction of sp³-hybridized carbons (Fsp3) is 0.429. The normalized spacial score (nSPS) is 14.2. The van der Waals surface area contributed by atoms with Gasteiger partial charge in [-0.25, -0.2) is 0 Å². The number of aromatic nitrogens is 2. The van der Waals surface area contributed by atoms with Gasteiger partial charge in [-0.2, -0.15) is 0 Å². The van der Waals surface area contributed by atoms with Crippen molar-refractivity contribution in [3.63, 3.8) is 0 Å². The first-order valence-electron chi connectivity index (χ1n) is 6.89. The Morgan fingerprint density at radius 2 is 2.15 bits per heavy atom. The van der Waals surface area contributed by atoms with Crippen molar-refractivity contribution in [2.45, 2.75) is 32.4 Å². The minimum absolute atomic E-state index is 0.379. The molecular weight excluding hydrogens is 256 g/mol. The lowest BCUT2D eigenvalue weighted by molar-refractivity contribution is 0.341. The van der Waals surface area contributed by atoms with E-state index in [0.29, 0.717) is 31.1 Å². The van der Waals surface area contributed by atoms with Crippen molar-refractivity contribution in [1.82, 2.24) is 15.5 Å². The van der Waals surface area contributed by atoms with E-state index in [2.05, 4.69) is 20.8 Å². The quantitative estimate of drug-likeness (QED) is 0.808. The van der Waals surface area contributed by atoms with Crippen LogP contribution in [0.5, 0.6) is 5.75 Å². The molecule has 0 spiro atoms. The molecule has 1 aliphatic carbocycles. The lowest BCUT2D eigenvalue weighted by Crippen LogP contribution is -2.15. The molecule has 20 heavy (non-hydrogen) atoms. The molecule has 6 heteroatoms. The zero-order valence-electron chi connectivity index (χ0n) is 11.4. The van der Waals surface area contributed by atoms with Gasteiger partial charge in [-0.05, 0) is 31.9 Å². The largest absolute Gasteiger partial charge is 0.492 e. The maximum Gasteiger partial charge on any atom is 0.320 e. The van der Waals surface area contributed by atoms with Crippen LogP contribution in [-0.4, -0.2) is 22.8 Å². The van der Waals surface area contributed by atoms with Gasteiger partial charge in [-0.15, -0.1) is 5.10 Å². The van der Waals surface area contributed by atoms with Crippen LogP contribution >= 0.6 is 0 Å². The Kier molecular flexibility index (Phi) is 3.83. The van der Waals surface area contributed by atoms with E-state index in [0.717, 1.165) is 11.4 Å². The third-order valence-corrected chi connectivity index (χ3v) is 3.01. The molecule has 2 aromatic rings. The summed E-state index contributed by atoms with van der Waals surface area (Å²) in [4.78, 5) is 0. The maximum absolute atomic E-state index is 5.55. The van der Waals surface area contributed by atoms with Gasteiger partial charge < -0.3 is 19.8 Å². The van der Waals surface area contributed by atoms with Crippen LogP contribution in [0.1, 0.15) is 25.7 Å². The number of hydrogen-bond donors (Lipinski definition) is 2. The predicted molar refractivity (Wildman–Crippen MR) is 75.1 cm³/mol. The highest BCUT2D eigenvalue weighted by atomic mass is 16.5. The molecule has 0 radical (unpaired) electrons. The summed E-state index contributed by atoms with van der Waals surface area (Å²) in [6.45, 7) is 3.18. The van der Waals surface area contributed by atoms with Crippen molar-refractivity contribution in [1.29, 1.82) is 0 Å². The fourth-order valence-corrected chi connectivity index (χ4v) is 1.86.